The molecule has 1 aromatic heterocycles. The zero-order valence-electron chi connectivity index (χ0n) is 15.9. The highest BCUT2D eigenvalue weighted by atomic mass is 19.1. The summed E-state index contributed by atoms with van der Waals surface area (Å²) < 4.78 is 46.6. The summed E-state index contributed by atoms with van der Waals surface area (Å²) in [6.45, 7) is 0.887. The van der Waals surface area contributed by atoms with E-state index in [-0.39, 0.29) is 29.1 Å². The molecule has 1 fully saturated rings. The number of benzene rings is 2. The molecule has 4 nitrogen and oxygen atoms in total. The minimum absolute atomic E-state index is 0.0248. The molecule has 0 saturated heterocycles. The lowest BCUT2D eigenvalue weighted by molar-refractivity contribution is -0.128. The minimum atomic E-state index is -0.678. The van der Waals surface area contributed by atoms with Crippen LogP contribution in [0.4, 0.5) is 13.2 Å². The van der Waals surface area contributed by atoms with Crippen LogP contribution < -0.4 is 5.32 Å². The number of carbonyl (C=O) groups is 1. The molecule has 29 heavy (non-hydrogen) atoms. The molecule has 0 atom stereocenters. The Morgan fingerprint density at radius 2 is 1.86 bits per heavy atom. The maximum absolute atomic E-state index is 14.4. The van der Waals surface area contributed by atoms with Crippen LogP contribution in [0.3, 0.4) is 0 Å². The van der Waals surface area contributed by atoms with Crippen molar-refractivity contribution in [3.63, 3.8) is 0 Å². The molecular formula is C22H21F3N2O2. The largest absolute Gasteiger partial charge is 0.383 e. The van der Waals surface area contributed by atoms with Crippen molar-refractivity contribution in [1.29, 1.82) is 0 Å². The third-order valence-corrected chi connectivity index (χ3v) is 5.52. The summed E-state index contributed by atoms with van der Waals surface area (Å²) in [6, 6.07) is 8.01. The second-order valence-corrected chi connectivity index (χ2v) is 7.38. The van der Waals surface area contributed by atoms with Crippen LogP contribution >= 0.6 is 0 Å². The van der Waals surface area contributed by atoms with Gasteiger partial charge in [0.1, 0.15) is 17.5 Å². The second kappa shape index (κ2) is 7.91. The Morgan fingerprint density at radius 3 is 2.55 bits per heavy atom. The highest BCUT2D eigenvalue weighted by Crippen LogP contribution is 2.48. The number of nitrogens with one attached hydrogen (secondary N) is 2. The van der Waals surface area contributed by atoms with Gasteiger partial charge in [-0.2, -0.15) is 0 Å². The van der Waals surface area contributed by atoms with Gasteiger partial charge in [-0.25, -0.2) is 13.2 Å². The Hall–Kier alpha value is -2.80. The minimum Gasteiger partial charge on any atom is -0.383 e. The van der Waals surface area contributed by atoms with Gasteiger partial charge in [-0.1, -0.05) is 0 Å². The van der Waals surface area contributed by atoms with Gasteiger partial charge in [-0.15, -0.1) is 0 Å². The summed E-state index contributed by atoms with van der Waals surface area (Å²) in [4.78, 5) is 15.3. The smallest absolute Gasteiger partial charge is 0.223 e. The van der Waals surface area contributed by atoms with E-state index >= 15 is 0 Å². The molecule has 0 radical (unpaired) electrons. The fourth-order valence-electron chi connectivity index (χ4n) is 4.00. The molecule has 152 valence electrons. The number of carbonyl (C=O) groups excluding carboxylic acids is 1. The van der Waals surface area contributed by atoms with E-state index in [4.69, 9.17) is 4.74 Å². The van der Waals surface area contributed by atoms with Crippen LogP contribution in [-0.2, 0) is 9.53 Å². The van der Waals surface area contributed by atoms with E-state index in [1.54, 1.807) is 19.2 Å². The number of hydrogen-bond acceptors (Lipinski definition) is 2. The number of fused-ring (bicyclic) bond motifs is 1. The van der Waals surface area contributed by atoms with Crippen LogP contribution in [0, 0.1) is 23.4 Å². The molecule has 1 amide bonds. The molecule has 4 rings (SSSR count). The zero-order chi connectivity index (χ0) is 20.5. The molecule has 2 N–H and O–H groups in total. The number of rotatable bonds is 6. The summed E-state index contributed by atoms with van der Waals surface area (Å²) in [5.74, 6) is -1.93. The maximum Gasteiger partial charge on any atom is 0.223 e. The van der Waals surface area contributed by atoms with Crippen molar-refractivity contribution in [2.24, 2.45) is 5.92 Å². The van der Waals surface area contributed by atoms with Crippen molar-refractivity contribution in [3.8, 4) is 11.3 Å². The highest BCUT2D eigenvalue weighted by molar-refractivity contribution is 5.92. The standard InChI is InChI=1S/C22H21F3N2O2/c1-29-7-6-26-22(28)14-8-13(9-14)19-17-10-16(24)11-18(25)21(17)27-20(19)12-2-4-15(23)5-3-12/h2-5,10-11,13-14,27H,6-9H2,1H3,(H,26,28). The Morgan fingerprint density at radius 1 is 1.14 bits per heavy atom. The monoisotopic (exact) mass is 402 g/mol. The number of hydrogen-bond donors (Lipinski definition) is 2. The van der Waals surface area contributed by atoms with Crippen molar-refractivity contribution in [2.45, 2.75) is 18.8 Å². The number of amides is 1. The topological polar surface area (TPSA) is 54.1 Å². The van der Waals surface area contributed by atoms with E-state index in [0.29, 0.717) is 42.6 Å². The molecule has 0 aliphatic heterocycles. The van der Waals surface area contributed by atoms with Gasteiger partial charge in [0, 0.05) is 31.0 Å². The number of H-pyrrole nitrogens is 1. The predicted octanol–water partition coefficient (Wildman–Crippen LogP) is 4.51. The molecule has 1 heterocycles. The van der Waals surface area contributed by atoms with Gasteiger partial charge in [0.25, 0.3) is 0 Å². The Labute approximate surface area is 166 Å². The summed E-state index contributed by atoms with van der Waals surface area (Å²) in [6.07, 6.45) is 1.16. The van der Waals surface area contributed by atoms with Gasteiger partial charge >= 0.3 is 0 Å². The first-order chi connectivity index (χ1) is 14.0. The zero-order valence-corrected chi connectivity index (χ0v) is 15.9. The van der Waals surface area contributed by atoms with Gasteiger partial charge in [-0.05, 0) is 60.2 Å². The van der Waals surface area contributed by atoms with E-state index in [1.165, 1.54) is 18.2 Å². The summed E-state index contributed by atoms with van der Waals surface area (Å²) in [7, 11) is 1.57. The van der Waals surface area contributed by atoms with Crippen molar-refractivity contribution in [1.82, 2.24) is 10.3 Å². The lowest BCUT2D eigenvalue weighted by Crippen LogP contribution is -2.39. The number of methoxy groups -OCH3 is 1. The lowest BCUT2D eigenvalue weighted by atomic mass is 9.70. The van der Waals surface area contributed by atoms with Crippen LogP contribution in [-0.4, -0.2) is 31.2 Å². The molecule has 7 heteroatoms. The average molecular weight is 402 g/mol. The third-order valence-electron chi connectivity index (χ3n) is 5.52. The van der Waals surface area contributed by atoms with Gasteiger partial charge < -0.3 is 15.0 Å². The Balaban J connectivity index is 1.67. The molecule has 2 aromatic carbocycles. The molecule has 1 aliphatic rings. The second-order valence-electron chi connectivity index (χ2n) is 7.38. The van der Waals surface area contributed by atoms with Crippen LogP contribution in [0.25, 0.3) is 22.2 Å². The van der Waals surface area contributed by atoms with Crippen molar-refractivity contribution >= 4 is 16.8 Å². The predicted molar refractivity (Wildman–Crippen MR) is 104 cm³/mol. The van der Waals surface area contributed by atoms with E-state index in [0.717, 1.165) is 11.6 Å². The van der Waals surface area contributed by atoms with E-state index in [9.17, 15) is 18.0 Å². The van der Waals surface area contributed by atoms with Crippen molar-refractivity contribution < 1.29 is 22.7 Å². The van der Waals surface area contributed by atoms with Crippen LogP contribution in [0.1, 0.15) is 24.3 Å². The normalized spacial score (nSPS) is 18.6. The molecule has 3 aromatic rings. The number of ether oxygens (including phenoxy) is 1. The molecular weight excluding hydrogens is 381 g/mol. The third kappa shape index (κ3) is 3.74. The SMILES string of the molecule is COCCNC(=O)C1CC(c2c(-c3ccc(F)cc3)[nH]c3c(F)cc(F)cc23)C1. The summed E-state index contributed by atoms with van der Waals surface area (Å²) in [5, 5.41) is 3.29. The fourth-order valence-corrected chi connectivity index (χ4v) is 4.00. The van der Waals surface area contributed by atoms with Crippen molar-refractivity contribution in [2.75, 3.05) is 20.3 Å². The first-order valence-electron chi connectivity index (χ1n) is 9.51. The van der Waals surface area contributed by atoms with Crippen LogP contribution in [0.15, 0.2) is 36.4 Å². The average Bonchev–Trinajstić information content (AvgIpc) is 3.01. The van der Waals surface area contributed by atoms with E-state index in [2.05, 4.69) is 10.3 Å². The molecule has 1 aliphatic carbocycles. The van der Waals surface area contributed by atoms with E-state index < -0.39 is 11.6 Å². The summed E-state index contributed by atoms with van der Waals surface area (Å²) in [5.41, 5.74) is 2.30. The quantitative estimate of drug-likeness (QED) is 0.596. The molecule has 1 saturated carbocycles. The lowest BCUT2D eigenvalue weighted by Gasteiger charge is -2.35. The highest BCUT2D eigenvalue weighted by Gasteiger charge is 2.38. The number of halogens is 3. The molecule has 0 unspecified atom stereocenters. The van der Waals surface area contributed by atoms with Crippen LogP contribution in [0.2, 0.25) is 0 Å². The first-order valence-corrected chi connectivity index (χ1v) is 9.51. The summed E-state index contributed by atoms with van der Waals surface area (Å²) >= 11 is 0. The van der Waals surface area contributed by atoms with Crippen molar-refractivity contribution in [3.05, 3.63) is 59.4 Å². The van der Waals surface area contributed by atoms with Crippen LogP contribution in [0.5, 0.6) is 0 Å². The maximum atomic E-state index is 14.4. The molecule has 0 bridgehead atoms. The first kappa shape index (κ1) is 19.5. The Kier molecular flexibility index (Phi) is 5.32. The van der Waals surface area contributed by atoms with E-state index in [1.807, 2.05) is 0 Å². The number of aromatic amines is 1. The van der Waals surface area contributed by atoms with Gasteiger partial charge in [0.2, 0.25) is 5.91 Å². The fraction of sp³-hybridized carbons (Fsp3) is 0.318. The van der Waals surface area contributed by atoms with Gasteiger partial charge in [-0.3, -0.25) is 4.79 Å². The van der Waals surface area contributed by atoms with Gasteiger partial charge in [0.15, 0.2) is 0 Å². The number of aromatic nitrogens is 1. The van der Waals surface area contributed by atoms with Gasteiger partial charge in [0.05, 0.1) is 17.8 Å². The Bertz CT molecular complexity index is 1040. The molecule has 0 spiro atoms.